The summed E-state index contributed by atoms with van der Waals surface area (Å²) in [5.41, 5.74) is 0. The molecule has 0 aliphatic rings. The zero-order valence-corrected chi connectivity index (χ0v) is 13.4. The second kappa shape index (κ2) is 6.89. The predicted molar refractivity (Wildman–Crippen MR) is 87.5 cm³/mol. The van der Waals surface area contributed by atoms with Gasteiger partial charge in [0, 0.05) is 17.3 Å². The Morgan fingerprint density at radius 3 is 2.65 bits per heavy atom. The summed E-state index contributed by atoms with van der Waals surface area (Å²) in [4.78, 5) is 15.5. The first kappa shape index (κ1) is 15.0. The number of rotatable bonds is 6. The summed E-state index contributed by atoms with van der Waals surface area (Å²) in [7, 11) is 0. The van der Waals surface area contributed by atoms with Gasteiger partial charge in [0.15, 0.2) is 0 Å². The van der Waals surface area contributed by atoms with Crippen LogP contribution in [0.5, 0.6) is 0 Å². The second-order valence-electron chi connectivity index (χ2n) is 5.45. The number of amides is 1. The Morgan fingerprint density at radius 2 is 2.00 bits per heavy atom. The Balaban J connectivity index is 2.17. The van der Waals surface area contributed by atoms with E-state index in [0.29, 0.717) is 0 Å². The van der Waals surface area contributed by atoms with E-state index in [1.165, 1.54) is 17.5 Å². The fourth-order valence-electron chi connectivity index (χ4n) is 2.36. The van der Waals surface area contributed by atoms with Gasteiger partial charge in [0.05, 0.1) is 4.88 Å². The first-order valence-electron chi connectivity index (χ1n) is 7.43. The molecule has 0 saturated carbocycles. The third-order valence-electron chi connectivity index (χ3n) is 3.52. The van der Waals surface area contributed by atoms with E-state index >= 15 is 0 Å². The van der Waals surface area contributed by atoms with Gasteiger partial charge < -0.3 is 4.90 Å². The summed E-state index contributed by atoms with van der Waals surface area (Å²) in [5.74, 6) is 0.178. The highest BCUT2D eigenvalue weighted by atomic mass is 32.1. The van der Waals surface area contributed by atoms with Crippen molar-refractivity contribution < 1.29 is 4.79 Å². The molecule has 1 amide bonds. The molecule has 0 saturated heterocycles. The Bertz CT molecular complexity index is 540. The van der Waals surface area contributed by atoms with Gasteiger partial charge in [-0.3, -0.25) is 4.79 Å². The molecule has 3 heteroatoms. The summed E-state index contributed by atoms with van der Waals surface area (Å²) in [6, 6.07) is 10.5. The van der Waals surface area contributed by atoms with Gasteiger partial charge in [-0.05, 0) is 37.8 Å². The maximum Gasteiger partial charge on any atom is 0.264 e. The molecule has 2 aromatic rings. The lowest BCUT2D eigenvalue weighted by atomic mass is 10.2. The fraction of sp³-hybridized carbons (Fsp3) is 0.471. The quantitative estimate of drug-likeness (QED) is 0.690. The van der Waals surface area contributed by atoms with Gasteiger partial charge in [-0.2, -0.15) is 0 Å². The van der Waals surface area contributed by atoms with Crippen molar-refractivity contribution in [2.24, 2.45) is 0 Å². The van der Waals surface area contributed by atoms with Crippen molar-refractivity contribution in [1.29, 1.82) is 0 Å². The molecule has 1 aromatic heterocycles. The van der Waals surface area contributed by atoms with Gasteiger partial charge in [-0.25, -0.2) is 0 Å². The van der Waals surface area contributed by atoms with Crippen LogP contribution in [-0.2, 0) is 0 Å². The number of thiophene rings is 1. The summed E-state index contributed by atoms with van der Waals surface area (Å²) < 4.78 is 1.19. The van der Waals surface area contributed by atoms with Crippen LogP contribution in [0.3, 0.4) is 0 Å². The van der Waals surface area contributed by atoms with Gasteiger partial charge in [0.1, 0.15) is 0 Å². The summed E-state index contributed by atoms with van der Waals surface area (Å²) in [5, 5.41) is 1.16. The third-order valence-corrected chi connectivity index (χ3v) is 4.63. The zero-order chi connectivity index (χ0) is 14.5. The molecular weight excluding hydrogens is 266 g/mol. The Labute approximate surface area is 125 Å². The number of unbranched alkanes of at least 4 members (excludes halogenated alkanes) is 2. The topological polar surface area (TPSA) is 20.3 Å². The lowest BCUT2D eigenvalue weighted by Gasteiger charge is -2.26. The summed E-state index contributed by atoms with van der Waals surface area (Å²) in [6.07, 6.45) is 3.46. The monoisotopic (exact) mass is 289 g/mol. The normalized spacial score (nSPS) is 11.2. The van der Waals surface area contributed by atoms with Crippen LogP contribution in [0.4, 0.5) is 0 Å². The van der Waals surface area contributed by atoms with E-state index in [4.69, 9.17) is 0 Å². The molecule has 1 heterocycles. The van der Waals surface area contributed by atoms with Crippen molar-refractivity contribution in [2.45, 2.75) is 46.1 Å². The SMILES string of the molecule is CCCCCN(C(=O)c1cc2ccccc2s1)C(C)C. The van der Waals surface area contributed by atoms with Crippen LogP contribution in [0.1, 0.15) is 49.7 Å². The largest absolute Gasteiger partial charge is 0.336 e. The Hall–Kier alpha value is -1.35. The molecule has 2 nitrogen and oxygen atoms in total. The Morgan fingerprint density at radius 1 is 1.25 bits per heavy atom. The predicted octanol–water partition coefficient (Wildman–Crippen LogP) is 4.94. The number of carbonyl (C=O) groups excluding carboxylic acids is 1. The smallest absolute Gasteiger partial charge is 0.264 e. The molecule has 0 atom stereocenters. The molecule has 0 fully saturated rings. The van der Waals surface area contributed by atoms with Crippen molar-refractivity contribution in [1.82, 2.24) is 4.90 Å². The van der Waals surface area contributed by atoms with Crippen LogP contribution in [0, 0.1) is 0 Å². The van der Waals surface area contributed by atoms with E-state index in [0.717, 1.165) is 23.2 Å². The van der Waals surface area contributed by atoms with Crippen LogP contribution < -0.4 is 0 Å². The maximum atomic E-state index is 12.7. The molecule has 2 rings (SSSR count). The molecule has 0 N–H and O–H groups in total. The van der Waals surface area contributed by atoms with Gasteiger partial charge in [-0.1, -0.05) is 38.0 Å². The number of nitrogens with zero attached hydrogens (tertiary/aromatic N) is 1. The van der Waals surface area contributed by atoms with Crippen molar-refractivity contribution in [2.75, 3.05) is 6.54 Å². The minimum atomic E-state index is 0.178. The van der Waals surface area contributed by atoms with E-state index in [9.17, 15) is 4.79 Å². The van der Waals surface area contributed by atoms with Gasteiger partial charge in [0.2, 0.25) is 0 Å². The fourth-order valence-corrected chi connectivity index (χ4v) is 3.37. The second-order valence-corrected chi connectivity index (χ2v) is 6.53. The third kappa shape index (κ3) is 3.40. The first-order valence-corrected chi connectivity index (χ1v) is 8.24. The van der Waals surface area contributed by atoms with E-state index in [1.807, 2.05) is 23.1 Å². The van der Waals surface area contributed by atoms with Gasteiger partial charge in [0.25, 0.3) is 5.91 Å². The number of hydrogen-bond acceptors (Lipinski definition) is 2. The van der Waals surface area contributed by atoms with E-state index in [2.05, 4.69) is 32.9 Å². The van der Waals surface area contributed by atoms with E-state index in [-0.39, 0.29) is 11.9 Å². The lowest BCUT2D eigenvalue weighted by molar-refractivity contribution is 0.0707. The molecule has 0 unspecified atom stereocenters. The molecule has 1 aromatic carbocycles. The molecular formula is C17H23NOS. The van der Waals surface area contributed by atoms with Crippen LogP contribution in [0.2, 0.25) is 0 Å². The van der Waals surface area contributed by atoms with Crippen molar-refractivity contribution in [3.8, 4) is 0 Å². The van der Waals surface area contributed by atoms with Gasteiger partial charge >= 0.3 is 0 Å². The van der Waals surface area contributed by atoms with E-state index in [1.54, 1.807) is 11.3 Å². The van der Waals surface area contributed by atoms with Gasteiger partial charge in [-0.15, -0.1) is 11.3 Å². The molecule has 108 valence electrons. The van der Waals surface area contributed by atoms with Crippen LogP contribution in [-0.4, -0.2) is 23.4 Å². The molecule has 0 radical (unpaired) electrons. The minimum absolute atomic E-state index is 0.178. The zero-order valence-electron chi connectivity index (χ0n) is 12.6. The number of carbonyl (C=O) groups is 1. The van der Waals surface area contributed by atoms with Crippen molar-refractivity contribution in [3.63, 3.8) is 0 Å². The van der Waals surface area contributed by atoms with Crippen molar-refractivity contribution >= 4 is 27.3 Å². The highest BCUT2D eigenvalue weighted by Gasteiger charge is 2.20. The maximum absolute atomic E-state index is 12.7. The molecule has 0 bridgehead atoms. The van der Waals surface area contributed by atoms with Crippen molar-refractivity contribution in [3.05, 3.63) is 35.2 Å². The number of hydrogen-bond donors (Lipinski definition) is 0. The lowest BCUT2D eigenvalue weighted by Crippen LogP contribution is -2.37. The average Bonchev–Trinajstić information content (AvgIpc) is 2.86. The summed E-state index contributed by atoms with van der Waals surface area (Å²) >= 11 is 1.60. The molecule has 0 aliphatic carbocycles. The minimum Gasteiger partial charge on any atom is -0.336 e. The first-order chi connectivity index (χ1) is 9.63. The highest BCUT2D eigenvalue weighted by Crippen LogP contribution is 2.26. The van der Waals surface area contributed by atoms with Crippen LogP contribution >= 0.6 is 11.3 Å². The molecule has 20 heavy (non-hydrogen) atoms. The van der Waals surface area contributed by atoms with E-state index < -0.39 is 0 Å². The Kier molecular flexibility index (Phi) is 5.18. The van der Waals surface area contributed by atoms with Crippen LogP contribution in [0.15, 0.2) is 30.3 Å². The van der Waals surface area contributed by atoms with Crippen LogP contribution in [0.25, 0.3) is 10.1 Å². The molecule has 0 spiro atoms. The molecule has 0 aliphatic heterocycles. The summed E-state index contributed by atoms with van der Waals surface area (Å²) in [6.45, 7) is 7.24. The number of fused-ring (bicyclic) bond motifs is 1. The number of benzene rings is 1. The average molecular weight is 289 g/mol. The highest BCUT2D eigenvalue weighted by molar-refractivity contribution is 7.20. The standard InChI is InChI=1S/C17H23NOS/c1-4-5-8-11-18(13(2)3)17(19)16-12-14-9-6-7-10-15(14)20-16/h6-7,9-10,12-13H,4-5,8,11H2,1-3H3.